The van der Waals surface area contributed by atoms with Crippen LogP contribution in [0.25, 0.3) is 6.08 Å². The largest absolute Gasteiger partial charge is 2.00 e. The first-order valence-corrected chi connectivity index (χ1v) is 6.92. The predicted molar refractivity (Wildman–Crippen MR) is 91.2 cm³/mol. The number of thiocarbonyl (C=S) groups is 1. The Kier molecular flexibility index (Phi) is 13.8. The van der Waals surface area contributed by atoms with E-state index in [0.29, 0.717) is 16.4 Å². The Bertz CT molecular complexity index is 679. The van der Waals surface area contributed by atoms with Crippen LogP contribution in [0.5, 0.6) is 0 Å². The van der Waals surface area contributed by atoms with Gasteiger partial charge in [0.15, 0.2) is 5.11 Å². The Balaban J connectivity index is 0. The summed E-state index contributed by atoms with van der Waals surface area (Å²) in [6.45, 7) is 0. The van der Waals surface area contributed by atoms with Crippen LogP contribution in [0, 0.1) is 0 Å². The van der Waals surface area contributed by atoms with E-state index < -0.39 is 0 Å². The van der Waals surface area contributed by atoms with Gasteiger partial charge in [-0.1, -0.05) is 35.9 Å². The van der Waals surface area contributed by atoms with Gasteiger partial charge in [0.05, 0.1) is 5.69 Å². The zero-order chi connectivity index (χ0) is 15.1. The Hall–Kier alpha value is -1.14. The van der Waals surface area contributed by atoms with Crippen LogP contribution in [0.4, 0.5) is 0 Å². The number of hydrazone groups is 1. The summed E-state index contributed by atoms with van der Waals surface area (Å²) in [7, 11) is 0. The quantitative estimate of drug-likeness (QED) is 0.225. The molecule has 0 unspecified atom stereocenters. The van der Waals surface area contributed by atoms with E-state index in [0.717, 1.165) is 5.56 Å². The van der Waals surface area contributed by atoms with Crippen LogP contribution in [-0.4, -0.2) is 15.8 Å². The zero-order valence-corrected chi connectivity index (χ0v) is 16.1. The van der Waals surface area contributed by atoms with Gasteiger partial charge in [0.1, 0.15) is 5.71 Å². The number of benzene rings is 1. The SMILES string of the molecule is NC(=S)N/N=C(/C=C/c1ccc(Cl)cc1)c1ccccn1.[Cl-].[Cl-].[Cu+2]. The number of nitrogens with one attached hydrogen (secondary N) is 1. The second-order valence-electron chi connectivity index (χ2n) is 4.07. The fraction of sp³-hybridized carbons (Fsp3) is 0. The average Bonchev–Trinajstić information content (AvgIpc) is 2.50. The van der Waals surface area contributed by atoms with Crippen molar-refractivity contribution in [3.8, 4) is 0 Å². The maximum Gasteiger partial charge on any atom is 2.00 e. The summed E-state index contributed by atoms with van der Waals surface area (Å²) in [6.07, 6.45) is 5.43. The molecule has 0 fully saturated rings. The second kappa shape index (κ2) is 13.2. The molecule has 1 radical (unpaired) electrons. The normalized spacial score (nSPS) is 10.1. The summed E-state index contributed by atoms with van der Waals surface area (Å²) < 4.78 is 0. The van der Waals surface area contributed by atoms with Gasteiger partial charge in [-0.25, -0.2) is 0 Å². The van der Waals surface area contributed by atoms with Crippen LogP contribution in [0.3, 0.4) is 0 Å². The van der Waals surface area contributed by atoms with Crippen molar-refractivity contribution in [3.63, 3.8) is 0 Å². The number of nitrogens with zero attached hydrogens (tertiary/aromatic N) is 2. The third kappa shape index (κ3) is 8.64. The fourth-order valence-corrected chi connectivity index (χ4v) is 1.73. The number of pyridine rings is 1. The van der Waals surface area contributed by atoms with E-state index in [2.05, 4.69) is 15.5 Å². The summed E-state index contributed by atoms with van der Waals surface area (Å²) in [5, 5.41) is 4.95. The molecule has 1 heterocycles. The van der Waals surface area contributed by atoms with Gasteiger partial charge in [0.25, 0.3) is 0 Å². The van der Waals surface area contributed by atoms with Crippen molar-refractivity contribution in [2.75, 3.05) is 0 Å². The summed E-state index contributed by atoms with van der Waals surface area (Å²) in [4.78, 5) is 4.26. The Morgan fingerprint density at radius 2 is 1.83 bits per heavy atom. The molecule has 0 atom stereocenters. The molecule has 0 amide bonds. The van der Waals surface area contributed by atoms with Gasteiger partial charge >= 0.3 is 17.1 Å². The number of halogens is 3. The number of aromatic nitrogens is 1. The van der Waals surface area contributed by atoms with Gasteiger partial charge in [0, 0.05) is 11.2 Å². The minimum atomic E-state index is 0. The number of hydrogen-bond donors (Lipinski definition) is 2. The van der Waals surface area contributed by atoms with Crippen LogP contribution in [-0.2, 0) is 17.1 Å². The first-order valence-electron chi connectivity index (χ1n) is 6.13. The molecular formula is C15H13Cl3CuN4S. The summed E-state index contributed by atoms with van der Waals surface area (Å²) in [5.74, 6) is 0. The molecule has 1 aromatic carbocycles. The van der Waals surface area contributed by atoms with Crippen molar-refractivity contribution in [3.05, 3.63) is 71.0 Å². The summed E-state index contributed by atoms with van der Waals surface area (Å²) in [5.41, 5.74) is 10.3. The molecule has 2 aromatic rings. The maximum absolute atomic E-state index is 5.86. The molecule has 131 valence electrons. The van der Waals surface area contributed by atoms with E-state index in [1.54, 1.807) is 6.20 Å². The van der Waals surface area contributed by atoms with E-state index in [-0.39, 0.29) is 47.0 Å². The van der Waals surface area contributed by atoms with Crippen molar-refractivity contribution in [1.82, 2.24) is 10.4 Å². The van der Waals surface area contributed by atoms with Crippen LogP contribution < -0.4 is 36.0 Å². The smallest absolute Gasteiger partial charge is 1.00 e. The fourth-order valence-electron chi connectivity index (χ4n) is 1.56. The van der Waals surface area contributed by atoms with Crippen LogP contribution in [0.1, 0.15) is 11.3 Å². The topological polar surface area (TPSA) is 63.3 Å². The van der Waals surface area contributed by atoms with Crippen LogP contribution in [0.15, 0.2) is 59.8 Å². The van der Waals surface area contributed by atoms with Gasteiger partial charge in [-0.05, 0) is 48.1 Å². The van der Waals surface area contributed by atoms with Crippen LogP contribution >= 0.6 is 23.8 Å². The molecular weight excluding hydrogens is 438 g/mol. The number of nitrogens with two attached hydrogens (primary N) is 1. The number of hydrogen-bond acceptors (Lipinski definition) is 3. The molecule has 0 aliphatic rings. The average molecular weight is 451 g/mol. The van der Waals surface area contributed by atoms with Gasteiger partial charge < -0.3 is 30.5 Å². The Labute approximate surface area is 174 Å². The van der Waals surface area contributed by atoms with E-state index in [9.17, 15) is 0 Å². The molecule has 0 bridgehead atoms. The maximum atomic E-state index is 5.86. The first kappa shape index (κ1) is 25.1. The van der Waals surface area contributed by atoms with Crippen molar-refractivity contribution < 1.29 is 41.9 Å². The van der Waals surface area contributed by atoms with Gasteiger partial charge in [0.2, 0.25) is 0 Å². The Morgan fingerprint density at radius 1 is 1.17 bits per heavy atom. The van der Waals surface area contributed by atoms with Gasteiger partial charge in [-0.2, -0.15) is 5.10 Å². The molecule has 1 aromatic heterocycles. The molecule has 4 nitrogen and oxygen atoms in total. The second-order valence-corrected chi connectivity index (χ2v) is 4.95. The minimum Gasteiger partial charge on any atom is -1.00 e. The number of rotatable bonds is 4. The number of allylic oxidation sites excluding steroid dienone is 1. The monoisotopic (exact) mass is 449 g/mol. The summed E-state index contributed by atoms with van der Waals surface area (Å²) in [6, 6.07) is 13.1. The molecule has 9 heteroatoms. The van der Waals surface area contributed by atoms with Crippen molar-refractivity contribution >= 4 is 40.7 Å². The third-order valence-corrected chi connectivity index (χ3v) is 2.86. The van der Waals surface area contributed by atoms with Crippen molar-refractivity contribution in [1.29, 1.82) is 0 Å². The zero-order valence-electron chi connectivity index (χ0n) is 12.1. The molecule has 0 aliphatic heterocycles. The summed E-state index contributed by atoms with van der Waals surface area (Å²) >= 11 is 10.6. The van der Waals surface area contributed by atoms with E-state index in [1.807, 2.05) is 54.6 Å². The molecule has 0 spiro atoms. The van der Waals surface area contributed by atoms with Gasteiger partial charge in [-0.15, -0.1) is 0 Å². The van der Waals surface area contributed by atoms with E-state index in [1.165, 1.54) is 0 Å². The molecule has 0 aliphatic carbocycles. The van der Waals surface area contributed by atoms with Gasteiger partial charge in [-0.3, -0.25) is 10.4 Å². The molecule has 2 rings (SSSR count). The Morgan fingerprint density at radius 3 is 2.38 bits per heavy atom. The standard InChI is InChI=1S/C15H13ClN4S.2ClH.Cu/c16-12-7-4-11(5-8-12)6-9-14(19-20-15(17)21)13-3-1-2-10-18-13;;;/h1-10H,(H3,17,20,21);2*1H;/q;;;+2/p-2/b9-6+,19-14-;;;. The van der Waals surface area contributed by atoms with Crippen LogP contribution in [0.2, 0.25) is 5.02 Å². The van der Waals surface area contributed by atoms with Crippen molar-refractivity contribution in [2.24, 2.45) is 10.8 Å². The third-order valence-electron chi connectivity index (χ3n) is 2.52. The molecule has 3 N–H and O–H groups in total. The van der Waals surface area contributed by atoms with E-state index in [4.69, 9.17) is 29.6 Å². The predicted octanol–water partition coefficient (Wildman–Crippen LogP) is -3.01. The molecule has 0 saturated carbocycles. The first-order chi connectivity index (χ1) is 10.1. The minimum absolute atomic E-state index is 0. The molecule has 24 heavy (non-hydrogen) atoms. The van der Waals surface area contributed by atoms with Crippen molar-refractivity contribution in [2.45, 2.75) is 0 Å². The molecule has 0 saturated heterocycles. The van der Waals surface area contributed by atoms with E-state index >= 15 is 0 Å².